The number of nitrogens with one attached hydrogen (secondary N) is 1. The summed E-state index contributed by atoms with van der Waals surface area (Å²) in [6.07, 6.45) is 0. The fourth-order valence-electron chi connectivity index (χ4n) is 2.12. The molecule has 1 N–H and O–H groups in total. The van der Waals surface area contributed by atoms with Crippen molar-refractivity contribution in [2.45, 2.75) is 6.54 Å². The van der Waals surface area contributed by atoms with Gasteiger partial charge in [0.25, 0.3) is 0 Å². The van der Waals surface area contributed by atoms with Gasteiger partial charge in [0.1, 0.15) is 12.4 Å². The van der Waals surface area contributed by atoms with Crippen LogP contribution in [0.3, 0.4) is 0 Å². The number of aromatic amines is 1. The first-order chi connectivity index (χ1) is 8.75. The molecule has 0 radical (unpaired) electrons. The molecular formula is C12H14N4OS. The van der Waals surface area contributed by atoms with Crippen molar-refractivity contribution >= 4 is 18.2 Å². The lowest BCUT2D eigenvalue weighted by Crippen LogP contribution is -2.27. The third-order valence-corrected chi connectivity index (χ3v) is 3.46. The van der Waals surface area contributed by atoms with Crippen molar-refractivity contribution in [3.05, 3.63) is 34.6 Å². The number of fused-ring (bicyclic) bond motifs is 1. The first-order valence-electron chi connectivity index (χ1n) is 5.83. The van der Waals surface area contributed by atoms with Gasteiger partial charge in [0.05, 0.1) is 6.54 Å². The SMILES string of the molecule is Cn1c(N2CCOc3ccccc3C2)n[nH]c1=S. The van der Waals surface area contributed by atoms with E-state index in [-0.39, 0.29) is 0 Å². The molecular weight excluding hydrogens is 248 g/mol. The number of ether oxygens (including phenoxy) is 1. The molecule has 6 heteroatoms. The molecule has 2 heterocycles. The predicted octanol–water partition coefficient (Wildman–Crippen LogP) is 1.88. The van der Waals surface area contributed by atoms with Crippen LogP contribution in [0.2, 0.25) is 0 Å². The number of H-pyrrole nitrogens is 1. The quantitative estimate of drug-likeness (QED) is 0.797. The van der Waals surface area contributed by atoms with E-state index in [9.17, 15) is 0 Å². The summed E-state index contributed by atoms with van der Waals surface area (Å²) < 4.78 is 8.24. The molecule has 0 saturated carbocycles. The smallest absolute Gasteiger partial charge is 0.225 e. The van der Waals surface area contributed by atoms with Crippen LogP contribution in [0.4, 0.5) is 5.95 Å². The minimum atomic E-state index is 0.628. The van der Waals surface area contributed by atoms with Crippen molar-refractivity contribution in [3.63, 3.8) is 0 Å². The Labute approximate surface area is 110 Å². The number of nitrogens with zero attached hydrogens (tertiary/aromatic N) is 3. The van der Waals surface area contributed by atoms with Gasteiger partial charge in [0, 0.05) is 19.2 Å². The fraction of sp³-hybridized carbons (Fsp3) is 0.333. The molecule has 0 aliphatic carbocycles. The number of rotatable bonds is 1. The average Bonchev–Trinajstić information content (AvgIpc) is 2.62. The summed E-state index contributed by atoms with van der Waals surface area (Å²) in [4.78, 5) is 2.16. The van der Waals surface area contributed by atoms with E-state index in [1.165, 1.54) is 5.56 Å². The summed E-state index contributed by atoms with van der Waals surface area (Å²) in [6, 6.07) is 8.09. The highest BCUT2D eigenvalue weighted by atomic mass is 32.1. The van der Waals surface area contributed by atoms with E-state index in [2.05, 4.69) is 21.2 Å². The first kappa shape index (κ1) is 11.3. The van der Waals surface area contributed by atoms with Crippen LogP contribution in [0.25, 0.3) is 0 Å². The van der Waals surface area contributed by atoms with Crippen LogP contribution in [0, 0.1) is 4.77 Å². The van der Waals surface area contributed by atoms with Gasteiger partial charge in [0.2, 0.25) is 5.95 Å². The maximum Gasteiger partial charge on any atom is 0.225 e. The van der Waals surface area contributed by atoms with Gasteiger partial charge in [0.15, 0.2) is 4.77 Å². The van der Waals surface area contributed by atoms with Gasteiger partial charge in [-0.15, -0.1) is 5.10 Å². The van der Waals surface area contributed by atoms with Gasteiger partial charge < -0.3 is 9.64 Å². The van der Waals surface area contributed by atoms with Gasteiger partial charge in [-0.25, -0.2) is 5.10 Å². The van der Waals surface area contributed by atoms with Crippen molar-refractivity contribution in [3.8, 4) is 5.75 Å². The van der Waals surface area contributed by atoms with E-state index in [1.807, 2.05) is 29.8 Å². The second-order valence-corrected chi connectivity index (χ2v) is 4.65. The van der Waals surface area contributed by atoms with E-state index in [0.717, 1.165) is 24.8 Å². The Bertz CT molecular complexity index is 619. The van der Waals surface area contributed by atoms with Crippen LogP contribution >= 0.6 is 12.2 Å². The zero-order chi connectivity index (χ0) is 12.5. The molecule has 1 aliphatic heterocycles. The van der Waals surface area contributed by atoms with E-state index < -0.39 is 0 Å². The molecule has 1 aromatic heterocycles. The second kappa shape index (κ2) is 4.45. The normalized spacial score (nSPS) is 14.8. The van der Waals surface area contributed by atoms with E-state index >= 15 is 0 Å². The largest absolute Gasteiger partial charge is 0.491 e. The average molecular weight is 262 g/mol. The molecule has 18 heavy (non-hydrogen) atoms. The molecule has 0 amide bonds. The highest BCUT2D eigenvalue weighted by Gasteiger charge is 2.18. The summed E-state index contributed by atoms with van der Waals surface area (Å²) >= 11 is 5.14. The number of para-hydroxylation sites is 1. The molecule has 1 aromatic carbocycles. The van der Waals surface area contributed by atoms with Crippen LogP contribution in [-0.4, -0.2) is 27.9 Å². The molecule has 0 bridgehead atoms. The predicted molar refractivity (Wildman–Crippen MR) is 71.4 cm³/mol. The maximum absolute atomic E-state index is 5.73. The number of aromatic nitrogens is 3. The lowest BCUT2D eigenvalue weighted by atomic mass is 10.2. The van der Waals surface area contributed by atoms with E-state index in [4.69, 9.17) is 17.0 Å². The summed E-state index contributed by atoms with van der Waals surface area (Å²) in [5, 5.41) is 7.08. The Morgan fingerprint density at radius 3 is 3.00 bits per heavy atom. The van der Waals surface area contributed by atoms with Gasteiger partial charge in [-0.1, -0.05) is 18.2 Å². The van der Waals surface area contributed by atoms with Gasteiger partial charge in [-0.3, -0.25) is 4.57 Å². The molecule has 1 aliphatic rings. The number of benzene rings is 1. The van der Waals surface area contributed by atoms with E-state index in [0.29, 0.717) is 11.4 Å². The van der Waals surface area contributed by atoms with Crippen LogP contribution in [0.1, 0.15) is 5.56 Å². The maximum atomic E-state index is 5.73. The molecule has 0 fully saturated rings. The highest BCUT2D eigenvalue weighted by Crippen LogP contribution is 2.24. The summed E-state index contributed by atoms with van der Waals surface area (Å²) in [5.41, 5.74) is 1.17. The zero-order valence-electron chi connectivity index (χ0n) is 10.1. The van der Waals surface area contributed by atoms with Crippen LogP contribution in [0.15, 0.2) is 24.3 Å². The van der Waals surface area contributed by atoms with Crippen molar-refractivity contribution in [1.29, 1.82) is 0 Å². The standard InChI is InChI=1S/C12H14N4OS/c1-15-11(13-14-12(15)18)16-6-7-17-10-5-3-2-4-9(10)8-16/h2-5H,6-8H2,1H3,(H,14,18). The number of hydrogen-bond donors (Lipinski definition) is 1. The number of anilines is 1. The van der Waals surface area contributed by atoms with Crippen molar-refractivity contribution < 1.29 is 4.74 Å². The summed E-state index contributed by atoms with van der Waals surface area (Å²) in [6.45, 7) is 2.22. The van der Waals surface area contributed by atoms with Crippen molar-refractivity contribution in [2.75, 3.05) is 18.1 Å². The van der Waals surface area contributed by atoms with Crippen LogP contribution < -0.4 is 9.64 Å². The Morgan fingerprint density at radius 2 is 2.22 bits per heavy atom. The third-order valence-electron chi connectivity index (χ3n) is 3.09. The molecule has 2 aromatic rings. The Morgan fingerprint density at radius 1 is 1.39 bits per heavy atom. The first-order valence-corrected chi connectivity index (χ1v) is 6.23. The Kier molecular flexibility index (Phi) is 2.79. The monoisotopic (exact) mass is 262 g/mol. The molecule has 0 atom stereocenters. The fourth-order valence-corrected chi connectivity index (χ4v) is 2.25. The minimum Gasteiger partial charge on any atom is -0.491 e. The Hall–Kier alpha value is -1.82. The number of hydrogen-bond acceptors (Lipinski definition) is 4. The summed E-state index contributed by atoms with van der Waals surface area (Å²) in [5.74, 6) is 1.80. The van der Waals surface area contributed by atoms with E-state index in [1.54, 1.807) is 0 Å². The highest BCUT2D eigenvalue weighted by molar-refractivity contribution is 7.71. The molecule has 0 unspecified atom stereocenters. The topological polar surface area (TPSA) is 46.1 Å². The lowest BCUT2D eigenvalue weighted by Gasteiger charge is -2.19. The van der Waals surface area contributed by atoms with Crippen LogP contribution in [-0.2, 0) is 13.6 Å². The van der Waals surface area contributed by atoms with Gasteiger partial charge >= 0.3 is 0 Å². The van der Waals surface area contributed by atoms with Gasteiger partial charge in [-0.05, 0) is 18.3 Å². The molecule has 94 valence electrons. The molecule has 0 saturated heterocycles. The van der Waals surface area contributed by atoms with Crippen molar-refractivity contribution in [1.82, 2.24) is 14.8 Å². The minimum absolute atomic E-state index is 0.628. The Balaban J connectivity index is 1.96. The molecule has 0 spiro atoms. The summed E-state index contributed by atoms with van der Waals surface area (Å²) in [7, 11) is 1.92. The third kappa shape index (κ3) is 1.88. The molecule has 3 rings (SSSR count). The zero-order valence-corrected chi connectivity index (χ0v) is 10.9. The van der Waals surface area contributed by atoms with Crippen LogP contribution in [0.5, 0.6) is 5.75 Å². The lowest BCUT2D eigenvalue weighted by molar-refractivity contribution is 0.331. The molecule has 5 nitrogen and oxygen atoms in total. The van der Waals surface area contributed by atoms with Gasteiger partial charge in [-0.2, -0.15) is 0 Å². The second-order valence-electron chi connectivity index (χ2n) is 4.27. The van der Waals surface area contributed by atoms with Crippen molar-refractivity contribution in [2.24, 2.45) is 7.05 Å².